The van der Waals surface area contributed by atoms with Crippen LogP contribution in [0.1, 0.15) is 22.0 Å². The van der Waals surface area contributed by atoms with Gasteiger partial charge in [-0.15, -0.1) is 0 Å². The Morgan fingerprint density at radius 1 is 0.839 bits per heavy atom. The number of amides is 1. The lowest BCUT2D eigenvalue weighted by Gasteiger charge is -2.19. The van der Waals surface area contributed by atoms with E-state index in [1.165, 1.54) is 26.4 Å². The van der Waals surface area contributed by atoms with Crippen molar-refractivity contribution < 1.29 is 23.8 Å². The molecule has 1 atom stereocenters. The van der Waals surface area contributed by atoms with Gasteiger partial charge in [0.2, 0.25) is 6.10 Å². The van der Waals surface area contributed by atoms with Gasteiger partial charge in [0, 0.05) is 27.4 Å². The fraction of sp³-hybridized carbons (Fsp3) is 0.130. The van der Waals surface area contributed by atoms with Crippen LogP contribution in [0.15, 0.2) is 66.7 Å². The van der Waals surface area contributed by atoms with Gasteiger partial charge >= 0.3 is 5.97 Å². The van der Waals surface area contributed by atoms with Gasteiger partial charge in [-0.2, -0.15) is 0 Å². The molecule has 1 N–H and O–H groups in total. The molecular formula is C23H19Cl2NO5. The molecule has 0 aromatic heterocycles. The molecule has 0 saturated carbocycles. The van der Waals surface area contributed by atoms with Crippen molar-refractivity contribution in [2.75, 3.05) is 19.5 Å². The molecule has 0 aliphatic rings. The van der Waals surface area contributed by atoms with Crippen LogP contribution in [-0.4, -0.2) is 26.1 Å². The molecule has 3 aromatic carbocycles. The third-order valence-corrected chi connectivity index (χ3v) is 4.72. The number of carbonyl (C=O) groups excluding carboxylic acids is 2. The maximum Gasteiger partial charge on any atom is 0.339 e. The van der Waals surface area contributed by atoms with Crippen LogP contribution in [0.5, 0.6) is 11.5 Å². The zero-order valence-electron chi connectivity index (χ0n) is 16.7. The second kappa shape index (κ2) is 10.2. The number of benzene rings is 3. The number of esters is 1. The highest BCUT2D eigenvalue weighted by Gasteiger charge is 2.26. The van der Waals surface area contributed by atoms with Crippen LogP contribution in [-0.2, 0) is 9.53 Å². The van der Waals surface area contributed by atoms with E-state index < -0.39 is 18.0 Å². The molecule has 160 valence electrons. The second-order valence-corrected chi connectivity index (χ2v) is 7.32. The Labute approximate surface area is 189 Å². The van der Waals surface area contributed by atoms with Crippen LogP contribution in [0.4, 0.5) is 5.69 Å². The van der Waals surface area contributed by atoms with Gasteiger partial charge in [0.05, 0.1) is 19.8 Å². The van der Waals surface area contributed by atoms with Crippen molar-refractivity contribution >= 4 is 40.8 Å². The highest BCUT2D eigenvalue weighted by atomic mass is 35.5. The third kappa shape index (κ3) is 5.90. The van der Waals surface area contributed by atoms with Crippen molar-refractivity contribution in [1.82, 2.24) is 0 Å². The Morgan fingerprint density at radius 3 is 1.97 bits per heavy atom. The second-order valence-electron chi connectivity index (χ2n) is 6.44. The first-order valence-electron chi connectivity index (χ1n) is 9.15. The van der Waals surface area contributed by atoms with E-state index in [-0.39, 0.29) is 5.56 Å². The van der Waals surface area contributed by atoms with Crippen LogP contribution in [0.3, 0.4) is 0 Å². The Hall–Kier alpha value is -3.22. The van der Waals surface area contributed by atoms with Crippen molar-refractivity contribution in [3.63, 3.8) is 0 Å². The molecule has 0 saturated heterocycles. The van der Waals surface area contributed by atoms with E-state index >= 15 is 0 Å². The van der Waals surface area contributed by atoms with Gasteiger partial charge in [-0.3, -0.25) is 4.79 Å². The number of ether oxygens (including phenoxy) is 3. The monoisotopic (exact) mass is 459 g/mol. The number of halogens is 2. The molecule has 0 spiro atoms. The van der Waals surface area contributed by atoms with Crippen LogP contribution in [0, 0.1) is 0 Å². The fourth-order valence-corrected chi connectivity index (χ4v) is 3.36. The minimum Gasteiger partial charge on any atom is -0.497 e. The van der Waals surface area contributed by atoms with Gasteiger partial charge in [-0.1, -0.05) is 53.5 Å². The van der Waals surface area contributed by atoms with E-state index in [9.17, 15) is 9.59 Å². The van der Waals surface area contributed by atoms with Crippen molar-refractivity contribution in [3.05, 3.63) is 87.9 Å². The number of anilines is 1. The van der Waals surface area contributed by atoms with Crippen molar-refractivity contribution in [2.45, 2.75) is 6.10 Å². The maximum absolute atomic E-state index is 13.0. The average molecular weight is 460 g/mol. The summed E-state index contributed by atoms with van der Waals surface area (Å²) in [4.78, 5) is 25.9. The molecule has 0 fully saturated rings. The Kier molecular flexibility index (Phi) is 7.39. The summed E-state index contributed by atoms with van der Waals surface area (Å²) in [5.74, 6) is -0.445. The summed E-state index contributed by atoms with van der Waals surface area (Å²) >= 11 is 12.0. The summed E-state index contributed by atoms with van der Waals surface area (Å²) in [7, 11) is 2.94. The minimum absolute atomic E-state index is 0.177. The third-order valence-electron chi connectivity index (χ3n) is 4.28. The lowest BCUT2D eigenvalue weighted by atomic mass is 10.1. The molecule has 0 radical (unpaired) electrons. The van der Waals surface area contributed by atoms with E-state index in [1.54, 1.807) is 54.6 Å². The highest BCUT2D eigenvalue weighted by molar-refractivity contribution is 6.35. The zero-order chi connectivity index (χ0) is 22.4. The van der Waals surface area contributed by atoms with E-state index in [0.29, 0.717) is 32.8 Å². The van der Waals surface area contributed by atoms with Crippen molar-refractivity contribution in [1.29, 1.82) is 0 Å². The quantitative estimate of drug-likeness (QED) is 0.469. The molecule has 3 aromatic rings. The van der Waals surface area contributed by atoms with Crippen LogP contribution in [0.25, 0.3) is 0 Å². The van der Waals surface area contributed by atoms with Crippen LogP contribution in [0.2, 0.25) is 10.0 Å². The smallest absolute Gasteiger partial charge is 0.339 e. The van der Waals surface area contributed by atoms with Gasteiger partial charge in [-0.25, -0.2) is 4.79 Å². The van der Waals surface area contributed by atoms with Crippen molar-refractivity contribution in [3.8, 4) is 11.5 Å². The van der Waals surface area contributed by atoms with Gasteiger partial charge in [-0.05, 0) is 30.3 Å². The molecule has 31 heavy (non-hydrogen) atoms. The van der Waals surface area contributed by atoms with Crippen molar-refractivity contribution in [2.24, 2.45) is 0 Å². The summed E-state index contributed by atoms with van der Waals surface area (Å²) in [6.45, 7) is 0. The van der Waals surface area contributed by atoms with Gasteiger partial charge in [0.1, 0.15) is 11.5 Å². The minimum atomic E-state index is -1.22. The predicted molar refractivity (Wildman–Crippen MR) is 119 cm³/mol. The topological polar surface area (TPSA) is 73.9 Å². The molecule has 1 amide bonds. The largest absolute Gasteiger partial charge is 0.497 e. The number of rotatable bonds is 7. The molecule has 0 bridgehead atoms. The molecule has 0 heterocycles. The number of hydrogen-bond acceptors (Lipinski definition) is 5. The standard InChI is InChI=1S/C23H19Cl2NO5/c1-29-19-8-15(9-20(13-19)30-2)23(28)31-21(14-6-4-3-5-7-14)22(27)26-18-11-16(24)10-17(25)12-18/h3-13,21H,1-2H3,(H,26,27)/t21-/m1/s1. The molecule has 0 aliphatic carbocycles. The summed E-state index contributed by atoms with van der Waals surface area (Å²) in [6, 6.07) is 17.9. The molecule has 6 nitrogen and oxygen atoms in total. The first-order chi connectivity index (χ1) is 14.9. The SMILES string of the molecule is COc1cc(OC)cc(C(=O)O[C@@H](C(=O)Nc2cc(Cl)cc(Cl)c2)c2ccccc2)c1. The molecule has 0 aliphatic heterocycles. The van der Waals surface area contributed by atoms with Crippen LogP contribution < -0.4 is 14.8 Å². The van der Waals surface area contributed by atoms with E-state index in [1.807, 2.05) is 0 Å². The summed E-state index contributed by atoms with van der Waals surface area (Å²) in [5.41, 5.74) is 1.05. The summed E-state index contributed by atoms with van der Waals surface area (Å²) in [6.07, 6.45) is -1.22. The Balaban J connectivity index is 1.89. The zero-order valence-corrected chi connectivity index (χ0v) is 18.2. The van der Waals surface area contributed by atoms with Crippen LogP contribution >= 0.6 is 23.2 Å². The molecule has 8 heteroatoms. The highest BCUT2D eigenvalue weighted by Crippen LogP contribution is 2.27. The fourth-order valence-electron chi connectivity index (χ4n) is 2.83. The van der Waals surface area contributed by atoms with Gasteiger partial charge in [0.15, 0.2) is 0 Å². The summed E-state index contributed by atoms with van der Waals surface area (Å²) in [5, 5.41) is 3.41. The van der Waals surface area contributed by atoms with E-state index in [0.717, 1.165) is 0 Å². The normalized spacial score (nSPS) is 11.4. The van der Waals surface area contributed by atoms with E-state index in [4.69, 9.17) is 37.4 Å². The Bertz CT molecular complexity index is 1050. The summed E-state index contributed by atoms with van der Waals surface area (Å²) < 4.78 is 16.0. The lowest BCUT2D eigenvalue weighted by molar-refractivity contribution is -0.125. The Morgan fingerprint density at radius 2 is 1.42 bits per heavy atom. The maximum atomic E-state index is 13.0. The number of methoxy groups -OCH3 is 2. The van der Waals surface area contributed by atoms with Gasteiger partial charge < -0.3 is 19.5 Å². The molecule has 3 rings (SSSR count). The lowest BCUT2D eigenvalue weighted by Crippen LogP contribution is -2.26. The first-order valence-corrected chi connectivity index (χ1v) is 9.91. The average Bonchev–Trinajstić information content (AvgIpc) is 2.76. The number of carbonyl (C=O) groups is 2. The van der Waals surface area contributed by atoms with Gasteiger partial charge in [0.25, 0.3) is 5.91 Å². The first kappa shape index (κ1) is 22.5. The van der Waals surface area contributed by atoms with E-state index in [2.05, 4.69) is 5.32 Å². The molecule has 0 unspecified atom stereocenters. The predicted octanol–water partition coefficient (Wildman–Crippen LogP) is 5.55. The number of hydrogen-bond donors (Lipinski definition) is 1. The number of nitrogens with one attached hydrogen (secondary N) is 1. The molecular weight excluding hydrogens is 441 g/mol.